The average molecular weight is 360 g/mol. The highest BCUT2D eigenvalue weighted by Gasteiger charge is 2.17. The number of ether oxygens (including phenoxy) is 2. The van der Waals surface area contributed by atoms with Crippen LogP contribution in [0.15, 0.2) is 46.9 Å². The minimum Gasteiger partial charge on any atom is -0.493 e. The highest BCUT2D eigenvalue weighted by molar-refractivity contribution is 6.30. The largest absolute Gasteiger partial charge is 0.493 e. The zero-order valence-electron chi connectivity index (χ0n) is 13.4. The topological polar surface area (TPSA) is 86.5 Å². The van der Waals surface area contributed by atoms with Crippen LogP contribution in [0.1, 0.15) is 10.7 Å². The third-order valence-electron chi connectivity index (χ3n) is 3.33. The summed E-state index contributed by atoms with van der Waals surface area (Å²) in [6.45, 7) is 0. The number of nitrogens with one attached hydrogen (secondary N) is 1. The zero-order chi connectivity index (χ0) is 17.8. The molecule has 128 valence electrons. The summed E-state index contributed by atoms with van der Waals surface area (Å²) in [6, 6.07) is 11.9. The van der Waals surface area contributed by atoms with Crippen molar-refractivity contribution in [3.8, 4) is 23.0 Å². The summed E-state index contributed by atoms with van der Waals surface area (Å²) in [4.78, 5) is 12.3. The zero-order valence-corrected chi connectivity index (χ0v) is 14.2. The van der Waals surface area contributed by atoms with Gasteiger partial charge >= 0.3 is 11.8 Å². The smallest absolute Gasteiger partial charge is 0.313 e. The number of hydrogen-bond donors (Lipinski definition) is 1. The molecule has 25 heavy (non-hydrogen) atoms. The number of carbonyl (C=O) groups excluding carboxylic acids is 1. The second kappa shape index (κ2) is 7.23. The van der Waals surface area contributed by atoms with Crippen molar-refractivity contribution >= 4 is 23.2 Å². The van der Waals surface area contributed by atoms with Crippen molar-refractivity contribution < 1.29 is 18.7 Å². The lowest BCUT2D eigenvalue weighted by Crippen LogP contribution is -2.12. The molecular formula is C17H14ClN3O4. The van der Waals surface area contributed by atoms with Crippen LogP contribution in [0.3, 0.4) is 0 Å². The number of halogens is 1. The second-order valence-electron chi connectivity index (χ2n) is 4.95. The number of amides is 1. The van der Waals surface area contributed by atoms with Crippen LogP contribution < -0.4 is 14.8 Å². The number of hydrogen-bond acceptors (Lipinski definition) is 6. The van der Waals surface area contributed by atoms with Crippen LogP contribution in [0, 0.1) is 0 Å². The number of nitrogens with zero attached hydrogens (tertiary/aromatic N) is 2. The summed E-state index contributed by atoms with van der Waals surface area (Å²) in [6.07, 6.45) is 0. The van der Waals surface area contributed by atoms with E-state index in [0.717, 1.165) is 0 Å². The average Bonchev–Trinajstić information content (AvgIpc) is 3.12. The molecule has 0 fully saturated rings. The van der Waals surface area contributed by atoms with Gasteiger partial charge in [0.15, 0.2) is 11.5 Å². The molecule has 1 N–H and O–H groups in total. The summed E-state index contributed by atoms with van der Waals surface area (Å²) in [5.74, 6) is 0.560. The third kappa shape index (κ3) is 3.72. The molecule has 0 spiro atoms. The molecule has 0 saturated heterocycles. The molecule has 8 heteroatoms. The molecule has 3 aromatic rings. The van der Waals surface area contributed by atoms with Gasteiger partial charge in [0.2, 0.25) is 5.89 Å². The van der Waals surface area contributed by atoms with Crippen molar-refractivity contribution in [3.05, 3.63) is 53.4 Å². The van der Waals surface area contributed by atoms with Crippen LogP contribution in [0.5, 0.6) is 11.5 Å². The summed E-state index contributed by atoms with van der Waals surface area (Å²) >= 11 is 5.93. The van der Waals surface area contributed by atoms with Crippen molar-refractivity contribution in [2.75, 3.05) is 19.5 Å². The number of benzene rings is 2. The number of aromatic nitrogens is 2. The van der Waals surface area contributed by atoms with Gasteiger partial charge in [-0.15, -0.1) is 10.2 Å². The Kier molecular flexibility index (Phi) is 4.85. The number of anilines is 1. The van der Waals surface area contributed by atoms with Gasteiger partial charge < -0.3 is 19.2 Å². The van der Waals surface area contributed by atoms with Gasteiger partial charge in [0.1, 0.15) is 0 Å². The van der Waals surface area contributed by atoms with E-state index < -0.39 is 5.91 Å². The van der Waals surface area contributed by atoms with Crippen LogP contribution in [0.2, 0.25) is 5.02 Å². The van der Waals surface area contributed by atoms with E-state index in [2.05, 4.69) is 15.5 Å². The van der Waals surface area contributed by atoms with E-state index in [9.17, 15) is 4.79 Å². The number of rotatable bonds is 5. The van der Waals surface area contributed by atoms with Gasteiger partial charge in [-0.3, -0.25) is 4.79 Å². The van der Waals surface area contributed by atoms with Crippen LogP contribution in [0.4, 0.5) is 5.69 Å². The third-order valence-corrected chi connectivity index (χ3v) is 3.57. The van der Waals surface area contributed by atoms with E-state index in [4.69, 9.17) is 25.5 Å². The van der Waals surface area contributed by atoms with Crippen LogP contribution in [-0.2, 0) is 0 Å². The Labute approximate surface area is 148 Å². The fourth-order valence-electron chi connectivity index (χ4n) is 2.15. The quantitative estimate of drug-likeness (QED) is 0.748. The Morgan fingerprint density at radius 3 is 2.60 bits per heavy atom. The molecule has 7 nitrogen and oxygen atoms in total. The van der Waals surface area contributed by atoms with Gasteiger partial charge in [0, 0.05) is 22.3 Å². The highest BCUT2D eigenvalue weighted by atomic mass is 35.5. The standard InChI is InChI=1S/C17H14ClN3O4/c1-23-13-7-6-12(9-14(13)24-2)19-15(22)17-21-20-16(25-17)10-4-3-5-11(18)8-10/h3-9H,1-2H3,(H,19,22). The van der Waals surface area contributed by atoms with E-state index in [0.29, 0.717) is 27.8 Å². The van der Waals surface area contributed by atoms with E-state index in [1.165, 1.54) is 14.2 Å². The predicted octanol–water partition coefficient (Wildman–Crippen LogP) is 3.66. The molecule has 1 amide bonds. The lowest BCUT2D eigenvalue weighted by Gasteiger charge is -2.09. The van der Waals surface area contributed by atoms with Crippen molar-refractivity contribution in [3.63, 3.8) is 0 Å². The van der Waals surface area contributed by atoms with Gasteiger partial charge in [-0.2, -0.15) is 0 Å². The molecule has 0 aliphatic carbocycles. The van der Waals surface area contributed by atoms with Crippen LogP contribution >= 0.6 is 11.6 Å². The molecular weight excluding hydrogens is 346 g/mol. The first-order valence-electron chi connectivity index (χ1n) is 7.23. The number of methoxy groups -OCH3 is 2. The fourth-order valence-corrected chi connectivity index (χ4v) is 2.34. The Morgan fingerprint density at radius 2 is 1.88 bits per heavy atom. The van der Waals surface area contributed by atoms with Crippen molar-refractivity contribution in [1.82, 2.24) is 10.2 Å². The van der Waals surface area contributed by atoms with E-state index in [-0.39, 0.29) is 11.8 Å². The Balaban J connectivity index is 1.78. The highest BCUT2D eigenvalue weighted by Crippen LogP contribution is 2.30. The molecule has 1 heterocycles. The predicted molar refractivity (Wildman–Crippen MR) is 92.2 cm³/mol. The Hall–Kier alpha value is -3.06. The number of carbonyl (C=O) groups is 1. The lowest BCUT2D eigenvalue weighted by molar-refractivity contribution is 0.0991. The normalized spacial score (nSPS) is 10.4. The maximum absolute atomic E-state index is 12.3. The maximum Gasteiger partial charge on any atom is 0.313 e. The maximum atomic E-state index is 12.3. The fraction of sp³-hybridized carbons (Fsp3) is 0.118. The monoisotopic (exact) mass is 359 g/mol. The molecule has 0 radical (unpaired) electrons. The summed E-state index contributed by atoms with van der Waals surface area (Å²) in [5.41, 5.74) is 1.13. The minimum absolute atomic E-state index is 0.162. The summed E-state index contributed by atoms with van der Waals surface area (Å²) in [7, 11) is 3.05. The lowest BCUT2D eigenvalue weighted by atomic mass is 10.2. The SMILES string of the molecule is COc1ccc(NC(=O)c2nnc(-c3cccc(Cl)c3)o2)cc1OC. The Morgan fingerprint density at radius 1 is 1.08 bits per heavy atom. The van der Waals surface area contributed by atoms with Gasteiger partial charge in [-0.05, 0) is 30.3 Å². The molecule has 2 aromatic carbocycles. The van der Waals surface area contributed by atoms with Crippen LogP contribution in [-0.4, -0.2) is 30.3 Å². The summed E-state index contributed by atoms with van der Waals surface area (Å²) in [5, 5.41) is 10.8. The molecule has 0 bridgehead atoms. The van der Waals surface area contributed by atoms with E-state index in [1.54, 1.807) is 42.5 Å². The van der Waals surface area contributed by atoms with Crippen molar-refractivity contribution in [2.24, 2.45) is 0 Å². The van der Waals surface area contributed by atoms with Gasteiger partial charge in [0.25, 0.3) is 0 Å². The minimum atomic E-state index is -0.534. The molecule has 0 aliphatic rings. The van der Waals surface area contributed by atoms with Gasteiger partial charge in [-0.1, -0.05) is 17.7 Å². The molecule has 0 aliphatic heterocycles. The van der Waals surface area contributed by atoms with E-state index in [1.807, 2.05) is 0 Å². The van der Waals surface area contributed by atoms with Crippen molar-refractivity contribution in [1.29, 1.82) is 0 Å². The molecule has 0 saturated carbocycles. The Bertz CT molecular complexity index is 910. The van der Waals surface area contributed by atoms with Gasteiger partial charge in [0.05, 0.1) is 14.2 Å². The second-order valence-corrected chi connectivity index (χ2v) is 5.38. The first-order valence-corrected chi connectivity index (χ1v) is 7.61. The molecule has 3 rings (SSSR count). The first kappa shape index (κ1) is 16.8. The van der Waals surface area contributed by atoms with Crippen LogP contribution in [0.25, 0.3) is 11.5 Å². The van der Waals surface area contributed by atoms with E-state index >= 15 is 0 Å². The molecule has 1 aromatic heterocycles. The summed E-state index contributed by atoms with van der Waals surface area (Å²) < 4.78 is 15.8. The van der Waals surface area contributed by atoms with Gasteiger partial charge in [-0.25, -0.2) is 0 Å². The molecule has 0 unspecified atom stereocenters. The first-order chi connectivity index (χ1) is 12.1. The van der Waals surface area contributed by atoms with Crippen molar-refractivity contribution in [2.45, 2.75) is 0 Å². The molecule has 0 atom stereocenters.